The van der Waals surface area contributed by atoms with E-state index in [1.807, 2.05) is 30.3 Å². The van der Waals surface area contributed by atoms with E-state index < -0.39 is 23.7 Å². The molecule has 180 valence electrons. The molecular formula is C19H24F3N7O4. The molecule has 0 radical (unpaired) electrons. The van der Waals surface area contributed by atoms with Crippen LogP contribution in [0.15, 0.2) is 30.3 Å². The van der Waals surface area contributed by atoms with Gasteiger partial charge in [-0.25, -0.2) is 16.0 Å². The van der Waals surface area contributed by atoms with Gasteiger partial charge in [0.1, 0.15) is 12.6 Å². The number of carbonyl (C=O) groups is 2. The third-order valence-electron chi connectivity index (χ3n) is 3.82. The van der Waals surface area contributed by atoms with E-state index in [1.54, 1.807) is 13.8 Å². The zero-order valence-electron chi connectivity index (χ0n) is 17.9. The predicted octanol–water partition coefficient (Wildman–Crippen LogP) is 1.34. The number of carboxylic acid groups (broad SMARTS) is 1. The Labute approximate surface area is 187 Å². The molecule has 1 heterocycles. The number of nitrogens with zero attached hydrogens (tertiary/aromatic N) is 5. The number of carbonyl (C=O) groups excluding carboxylic acids is 1. The van der Waals surface area contributed by atoms with Gasteiger partial charge < -0.3 is 25.7 Å². The molecule has 2 rings (SSSR count). The van der Waals surface area contributed by atoms with Crippen molar-refractivity contribution >= 4 is 11.9 Å². The molecule has 0 aliphatic rings. The highest BCUT2D eigenvalue weighted by molar-refractivity contribution is 5.85. The molecule has 0 unspecified atom stereocenters. The fraction of sp³-hybridized carbons (Fsp3) is 0.474. The van der Waals surface area contributed by atoms with Crippen LogP contribution in [-0.4, -0.2) is 62.1 Å². The average molecular weight is 471 g/mol. The van der Waals surface area contributed by atoms with Crippen molar-refractivity contribution in [2.24, 2.45) is 5.73 Å². The van der Waals surface area contributed by atoms with Crippen LogP contribution in [0.4, 0.5) is 13.2 Å². The summed E-state index contributed by atoms with van der Waals surface area (Å²) in [6.45, 7) is 11.3. The molecule has 0 aliphatic carbocycles. The number of rotatable bonds is 9. The first-order chi connectivity index (χ1) is 15.4. The average Bonchev–Trinajstić information content (AvgIpc) is 3.19. The van der Waals surface area contributed by atoms with Gasteiger partial charge in [0, 0.05) is 0 Å². The number of carboxylic acids is 1. The molecule has 0 aliphatic heterocycles. The van der Waals surface area contributed by atoms with Crippen LogP contribution in [0.1, 0.15) is 31.3 Å². The minimum absolute atomic E-state index is 0.176. The van der Waals surface area contributed by atoms with Crippen LogP contribution in [0.5, 0.6) is 0 Å². The van der Waals surface area contributed by atoms with Gasteiger partial charge in [0.05, 0.1) is 18.8 Å². The van der Waals surface area contributed by atoms with Crippen molar-refractivity contribution < 1.29 is 32.6 Å². The lowest BCUT2D eigenvalue weighted by Crippen LogP contribution is -2.51. The Balaban J connectivity index is 0.000000675. The first-order valence-corrected chi connectivity index (χ1v) is 9.47. The summed E-state index contributed by atoms with van der Waals surface area (Å²) < 4.78 is 39.0. The molecule has 14 heteroatoms. The highest BCUT2D eigenvalue weighted by Gasteiger charge is 2.38. The second kappa shape index (κ2) is 12.5. The van der Waals surface area contributed by atoms with Crippen molar-refractivity contribution in [3.8, 4) is 0 Å². The number of aromatic nitrogens is 4. The molecule has 0 spiro atoms. The maximum Gasteiger partial charge on any atom is 0.490 e. The van der Waals surface area contributed by atoms with E-state index in [0.717, 1.165) is 5.56 Å². The third kappa shape index (κ3) is 10.1. The monoisotopic (exact) mass is 471 g/mol. The highest BCUT2D eigenvalue weighted by Crippen LogP contribution is 2.14. The maximum atomic E-state index is 12.3. The first kappa shape index (κ1) is 27.5. The lowest BCUT2D eigenvalue weighted by molar-refractivity contribution is -0.192. The van der Waals surface area contributed by atoms with Crippen molar-refractivity contribution in [3.05, 3.63) is 53.1 Å². The van der Waals surface area contributed by atoms with Crippen molar-refractivity contribution in [1.82, 2.24) is 25.5 Å². The minimum atomic E-state index is -5.08. The number of ether oxygens (including phenoxy) is 1. The van der Waals surface area contributed by atoms with Crippen LogP contribution >= 0.6 is 0 Å². The molecule has 1 amide bonds. The molecule has 1 atom stereocenters. The van der Waals surface area contributed by atoms with E-state index in [2.05, 4.69) is 25.7 Å². The Kier molecular flexibility index (Phi) is 10.4. The Morgan fingerprint density at radius 1 is 1.30 bits per heavy atom. The Hall–Kier alpha value is -3.57. The summed E-state index contributed by atoms with van der Waals surface area (Å²) in [7, 11) is 0. The molecule has 0 bridgehead atoms. The van der Waals surface area contributed by atoms with Gasteiger partial charge in [0.15, 0.2) is 5.82 Å². The molecule has 11 nitrogen and oxygen atoms in total. The van der Waals surface area contributed by atoms with E-state index in [0.29, 0.717) is 19.0 Å². The van der Waals surface area contributed by atoms with Gasteiger partial charge in [-0.1, -0.05) is 30.3 Å². The van der Waals surface area contributed by atoms with E-state index >= 15 is 0 Å². The maximum absolute atomic E-state index is 12.3. The summed E-state index contributed by atoms with van der Waals surface area (Å²) in [5.41, 5.74) is 5.84. The SMILES string of the molecule is O=C(O)C(F)(F)F.[C-]#[N+]CCn1nnnc1[C@@H](COCc1ccccc1)NC(=O)C(C)(C)N. The fourth-order valence-corrected chi connectivity index (χ4v) is 2.16. The Morgan fingerprint density at radius 3 is 2.42 bits per heavy atom. The van der Waals surface area contributed by atoms with Crippen LogP contribution < -0.4 is 11.1 Å². The summed E-state index contributed by atoms with van der Waals surface area (Å²) in [6, 6.07) is 9.13. The number of hydrogen-bond acceptors (Lipinski definition) is 7. The van der Waals surface area contributed by atoms with Crippen molar-refractivity contribution in [3.63, 3.8) is 0 Å². The van der Waals surface area contributed by atoms with Crippen LogP contribution in [-0.2, 0) is 27.5 Å². The lowest BCUT2D eigenvalue weighted by atomic mass is 10.1. The smallest absolute Gasteiger partial charge is 0.475 e. The summed E-state index contributed by atoms with van der Waals surface area (Å²) in [6.07, 6.45) is -5.08. The molecule has 0 saturated carbocycles. The predicted molar refractivity (Wildman–Crippen MR) is 108 cm³/mol. The first-order valence-electron chi connectivity index (χ1n) is 9.47. The molecule has 1 aromatic carbocycles. The molecule has 4 N–H and O–H groups in total. The van der Waals surface area contributed by atoms with Crippen molar-refractivity contribution in [2.75, 3.05) is 13.2 Å². The number of amides is 1. The van der Waals surface area contributed by atoms with Gasteiger partial charge in [-0.15, -0.1) is 5.10 Å². The normalized spacial score (nSPS) is 12.2. The number of tetrazole rings is 1. The number of halogens is 3. The topological polar surface area (TPSA) is 150 Å². The highest BCUT2D eigenvalue weighted by atomic mass is 19.4. The van der Waals surface area contributed by atoms with Crippen LogP contribution in [0.2, 0.25) is 0 Å². The van der Waals surface area contributed by atoms with E-state index in [4.69, 9.17) is 26.9 Å². The number of hydrogen-bond donors (Lipinski definition) is 3. The quantitative estimate of drug-likeness (QED) is 0.464. The molecular weight excluding hydrogens is 447 g/mol. The molecule has 0 saturated heterocycles. The zero-order chi connectivity index (χ0) is 25.1. The van der Waals surface area contributed by atoms with Gasteiger partial charge >= 0.3 is 12.1 Å². The standard InChI is InChI=1S/C17H23N7O2.C2HF3O2/c1-17(2,18)16(25)20-14(12-26-11-13-7-5-4-6-8-13)15-21-22-23-24(15)10-9-19-3;3-2(4,5)1(6)7/h4-8,14H,9-12,18H2,1-2H3,(H,20,25);(H,6,7)/t14-;/m1./s1. The number of benzene rings is 1. The second-order valence-corrected chi connectivity index (χ2v) is 7.19. The van der Waals surface area contributed by atoms with Crippen molar-refractivity contribution in [1.29, 1.82) is 0 Å². The van der Waals surface area contributed by atoms with Gasteiger partial charge in [-0.05, 0) is 29.8 Å². The van der Waals surface area contributed by atoms with E-state index in [9.17, 15) is 18.0 Å². The Bertz CT molecular complexity index is 937. The third-order valence-corrected chi connectivity index (χ3v) is 3.82. The van der Waals surface area contributed by atoms with Crippen LogP contribution in [0, 0.1) is 6.57 Å². The number of alkyl halides is 3. The largest absolute Gasteiger partial charge is 0.490 e. The number of aliphatic carboxylic acids is 1. The lowest BCUT2D eigenvalue weighted by Gasteiger charge is -2.23. The summed E-state index contributed by atoms with van der Waals surface area (Å²) in [5.74, 6) is -2.67. The van der Waals surface area contributed by atoms with Gasteiger partial charge in [-0.3, -0.25) is 4.79 Å². The second-order valence-electron chi connectivity index (χ2n) is 7.19. The summed E-state index contributed by atoms with van der Waals surface area (Å²) in [5, 5.41) is 21.5. The van der Waals surface area contributed by atoms with Crippen LogP contribution in [0.3, 0.4) is 0 Å². The zero-order valence-corrected chi connectivity index (χ0v) is 17.9. The van der Waals surface area contributed by atoms with Crippen LogP contribution in [0.25, 0.3) is 4.85 Å². The van der Waals surface area contributed by atoms with E-state index in [1.165, 1.54) is 4.68 Å². The molecule has 2 aromatic rings. The molecule has 1 aromatic heterocycles. The molecule has 0 fully saturated rings. The van der Waals surface area contributed by atoms with Crippen molar-refractivity contribution in [2.45, 2.75) is 44.8 Å². The fourth-order valence-electron chi connectivity index (χ4n) is 2.16. The number of nitrogens with one attached hydrogen (secondary N) is 1. The van der Waals surface area contributed by atoms with Gasteiger partial charge in [0.25, 0.3) is 0 Å². The summed E-state index contributed by atoms with van der Waals surface area (Å²) >= 11 is 0. The molecule has 33 heavy (non-hydrogen) atoms. The van der Waals surface area contributed by atoms with Gasteiger partial charge in [0.2, 0.25) is 12.5 Å². The van der Waals surface area contributed by atoms with E-state index in [-0.39, 0.29) is 19.1 Å². The minimum Gasteiger partial charge on any atom is -0.475 e. The Morgan fingerprint density at radius 2 is 1.91 bits per heavy atom. The summed E-state index contributed by atoms with van der Waals surface area (Å²) in [4.78, 5) is 24.5. The van der Waals surface area contributed by atoms with Gasteiger partial charge in [-0.2, -0.15) is 13.2 Å². The number of nitrogens with two attached hydrogens (primary N) is 1.